The maximum atomic E-state index is 10.2. The van der Waals surface area contributed by atoms with Crippen LogP contribution >= 0.6 is 11.3 Å². The topological polar surface area (TPSA) is 67.8 Å². The summed E-state index contributed by atoms with van der Waals surface area (Å²) < 4.78 is 5.10. The van der Waals surface area contributed by atoms with Gasteiger partial charge in [-0.1, -0.05) is 0 Å². The highest BCUT2D eigenvalue weighted by atomic mass is 32.1. The zero-order valence-corrected chi connectivity index (χ0v) is 11.0. The van der Waals surface area contributed by atoms with Crippen LogP contribution in [0, 0.1) is 0 Å². The Balaban J connectivity index is 2.42. The van der Waals surface area contributed by atoms with Crippen molar-refractivity contribution in [2.24, 2.45) is 10.9 Å². The van der Waals surface area contributed by atoms with Gasteiger partial charge in [0.15, 0.2) is 0 Å². The van der Waals surface area contributed by atoms with Gasteiger partial charge in [-0.25, -0.2) is 0 Å². The second-order valence-corrected chi connectivity index (χ2v) is 4.65. The number of hydrogen-bond donors (Lipinski definition) is 2. The van der Waals surface area contributed by atoms with Gasteiger partial charge in [-0.3, -0.25) is 0 Å². The third-order valence-corrected chi connectivity index (χ3v) is 3.72. The molecular weight excluding hydrogens is 248 g/mol. The number of thiophene rings is 1. The lowest BCUT2D eigenvalue weighted by atomic mass is 10.1. The third-order valence-electron chi connectivity index (χ3n) is 2.70. The van der Waals surface area contributed by atoms with Crippen molar-refractivity contribution in [1.82, 2.24) is 0 Å². The number of hydrogen-bond acceptors (Lipinski definition) is 5. The Morgan fingerprint density at radius 1 is 1.33 bits per heavy atom. The number of benzene rings is 1. The zero-order valence-electron chi connectivity index (χ0n) is 10.2. The van der Waals surface area contributed by atoms with Gasteiger partial charge in [0.2, 0.25) is 0 Å². The minimum atomic E-state index is 0.219. The van der Waals surface area contributed by atoms with Gasteiger partial charge in [-0.2, -0.15) is 5.10 Å². The maximum Gasteiger partial charge on any atom is 0.143 e. The van der Waals surface area contributed by atoms with E-state index in [2.05, 4.69) is 5.10 Å². The van der Waals surface area contributed by atoms with Gasteiger partial charge >= 0.3 is 0 Å². The minimum Gasteiger partial charge on any atom is -0.506 e. The van der Waals surface area contributed by atoms with Crippen molar-refractivity contribution in [1.29, 1.82) is 0 Å². The number of methoxy groups -OCH3 is 1. The normalized spacial score (nSPS) is 11.6. The van der Waals surface area contributed by atoms with Gasteiger partial charge in [0.1, 0.15) is 11.5 Å². The second-order valence-electron chi connectivity index (χ2n) is 3.77. The first kappa shape index (κ1) is 12.4. The van der Waals surface area contributed by atoms with Gasteiger partial charge in [0.05, 0.1) is 23.3 Å². The summed E-state index contributed by atoms with van der Waals surface area (Å²) in [5.74, 6) is 6.23. The predicted octanol–water partition coefficient (Wildman–Crippen LogP) is 2.81. The van der Waals surface area contributed by atoms with Crippen molar-refractivity contribution < 1.29 is 9.84 Å². The predicted molar refractivity (Wildman–Crippen MR) is 74.4 cm³/mol. The van der Waals surface area contributed by atoms with Crippen LogP contribution in [-0.4, -0.2) is 17.9 Å². The van der Waals surface area contributed by atoms with Crippen LogP contribution in [0.15, 0.2) is 34.7 Å². The molecule has 0 saturated heterocycles. The molecule has 1 aromatic carbocycles. The molecule has 18 heavy (non-hydrogen) atoms. The van der Waals surface area contributed by atoms with E-state index in [0.29, 0.717) is 11.3 Å². The summed E-state index contributed by atoms with van der Waals surface area (Å²) in [6, 6.07) is 7.53. The van der Waals surface area contributed by atoms with Crippen LogP contribution in [0.3, 0.4) is 0 Å². The molecule has 5 heteroatoms. The van der Waals surface area contributed by atoms with Crippen molar-refractivity contribution >= 4 is 17.0 Å². The van der Waals surface area contributed by atoms with E-state index in [4.69, 9.17) is 10.6 Å². The number of aromatic hydroxyl groups is 1. The fraction of sp³-hybridized carbons (Fsp3) is 0.154. The van der Waals surface area contributed by atoms with Crippen LogP contribution in [-0.2, 0) is 0 Å². The van der Waals surface area contributed by atoms with Crippen molar-refractivity contribution in [2.75, 3.05) is 7.11 Å². The maximum absolute atomic E-state index is 10.2. The Hall–Kier alpha value is -2.01. The number of nitrogens with zero attached hydrogens (tertiary/aromatic N) is 1. The number of ether oxygens (including phenoxy) is 1. The molecule has 0 aliphatic rings. The average Bonchev–Trinajstić information content (AvgIpc) is 2.80. The van der Waals surface area contributed by atoms with E-state index in [1.54, 1.807) is 14.0 Å². The highest BCUT2D eigenvalue weighted by molar-refractivity contribution is 7.14. The Morgan fingerprint density at radius 3 is 2.56 bits per heavy atom. The van der Waals surface area contributed by atoms with Crippen molar-refractivity contribution in [2.45, 2.75) is 6.92 Å². The summed E-state index contributed by atoms with van der Waals surface area (Å²) in [7, 11) is 1.62. The van der Waals surface area contributed by atoms with Crippen LogP contribution in [0.4, 0.5) is 0 Å². The minimum absolute atomic E-state index is 0.219. The number of hydrazone groups is 1. The summed E-state index contributed by atoms with van der Waals surface area (Å²) in [6.45, 7) is 1.76. The van der Waals surface area contributed by atoms with Crippen LogP contribution < -0.4 is 10.6 Å². The first-order valence-corrected chi connectivity index (χ1v) is 6.25. The molecule has 0 fully saturated rings. The first-order chi connectivity index (χ1) is 8.67. The number of nitrogens with two attached hydrogens (primary N) is 1. The van der Waals surface area contributed by atoms with Crippen LogP contribution in [0.5, 0.6) is 11.5 Å². The molecule has 0 unspecified atom stereocenters. The van der Waals surface area contributed by atoms with Gasteiger partial charge in [0.25, 0.3) is 0 Å². The van der Waals surface area contributed by atoms with Gasteiger partial charge in [0, 0.05) is 5.38 Å². The van der Waals surface area contributed by atoms with Crippen LogP contribution in [0.1, 0.15) is 12.5 Å². The highest BCUT2D eigenvalue weighted by Gasteiger charge is 2.14. The fourth-order valence-electron chi connectivity index (χ4n) is 1.63. The van der Waals surface area contributed by atoms with Crippen molar-refractivity contribution in [3.05, 3.63) is 35.2 Å². The van der Waals surface area contributed by atoms with Gasteiger partial charge < -0.3 is 15.7 Å². The summed E-state index contributed by atoms with van der Waals surface area (Å²) in [4.78, 5) is 0.802. The first-order valence-electron chi connectivity index (χ1n) is 5.37. The molecular formula is C13H14N2O2S. The lowest BCUT2D eigenvalue weighted by molar-refractivity contribution is 0.415. The van der Waals surface area contributed by atoms with E-state index >= 15 is 0 Å². The van der Waals surface area contributed by atoms with Crippen LogP contribution in [0.2, 0.25) is 0 Å². The molecule has 94 valence electrons. The molecule has 0 aliphatic carbocycles. The van der Waals surface area contributed by atoms with Crippen molar-refractivity contribution in [3.63, 3.8) is 0 Å². The number of rotatable bonds is 3. The Kier molecular flexibility index (Phi) is 3.53. The highest BCUT2D eigenvalue weighted by Crippen LogP contribution is 2.39. The molecule has 0 amide bonds. The Labute approximate surface area is 109 Å². The fourth-order valence-corrected chi connectivity index (χ4v) is 2.64. The standard InChI is InChI=1S/C13H14N2O2S/c1-8(15-14)11-7-18-13(12(11)16)9-3-5-10(17-2)6-4-9/h3-7,16H,14H2,1-2H3/b15-8+. The molecule has 2 rings (SSSR count). The van der Waals surface area contributed by atoms with E-state index in [0.717, 1.165) is 16.2 Å². The molecule has 0 radical (unpaired) electrons. The lowest BCUT2D eigenvalue weighted by Crippen LogP contribution is -1.96. The molecule has 4 nitrogen and oxygen atoms in total. The molecule has 0 spiro atoms. The van der Waals surface area contributed by atoms with Crippen LogP contribution in [0.25, 0.3) is 10.4 Å². The molecule has 0 bridgehead atoms. The summed E-state index contributed by atoms with van der Waals surface area (Å²) >= 11 is 1.46. The summed E-state index contributed by atoms with van der Waals surface area (Å²) in [5.41, 5.74) is 2.23. The molecule has 2 aromatic rings. The summed E-state index contributed by atoms with van der Waals surface area (Å²) in [6.07, 6.45) is 0. The van der Waals surface area contributed by atoms with Gasteiger partial charge in [-0.15, -0.1) is 11.3 Å². The average molecular weight is 262 g/mol. The SMILES string of the molecule is COc1ccc(-c2scc(/C(C)=N/N)c2O)cc1. The van der Waals surface area contributed by atoms with E-state index in [9.17, 15) is 5.11 Å². The molecule has 1 aromatic heterocycles. The van der Waals surface area contributed by atoms with Gasteiger partial charge in [-0.05, 0) is 36.8 Å². The lowest BCUT2D eigenvalue weighted by Gasteiger charge is -2.03. The molecule has 3 N–H and O–H groups in total. The van der Waals surface area contributed by atoms with E-state index < -0.39 is 0 Å². The smallest absolute Gasteiger partial charge is 0.143 e. The van der Waals surface area contributed by atoms with Crippen molar-refractivity contribution in [3.8, 4) is 21.9 Å². The largest absolute Gasteiger partial charge is 0.506 e. The molecule has 1 heterocycles. The third kappa shape index (κ3) is 2.17. The monoisotopic (exact) mass is 262 g/mol. The van der Waals surface area contributed by atoms with E-state index in [1.807, 2.05) is 29.6 Å². The molecule has 0 atom stereocenters. The Bertz CT molecular complexity index is 573. The Morgan fingerprint density at radius 2 is 2.00 bits per heavy atom. The van der Waals surface area contributed by atoms with E-state index in [-0.39, 0.29) is 5.75 Å². The quantitative estimate of drug-likeness (QED) is 0.508. The molecule has 0 saturated carbocycles. The molecule has 0 aliphatic heterocycles. The zero-order chi connectivity index (χ0) is 13.1. The van der Waals surface area contributed by atoms with E-state index in [1.165, 1.54) is 11.3 Å². The second kappa shape index (κ2) is 5.10. The summed E-state index contributed by atoms with van der Waals surface area (Å²) in [5, 5.41) is 15.6.